The van der Waals surface area contributed by atoms with Gasteiger partial charge in [-0.3, -0.25) is 0 Å². The molecule has 0 spiro atoms. The molecule has 2 rings (SSSR count). The van der Waals surface area contributed by atoms with Gasteiger partial charge < -0.3 is 4.42 Å². The molecule has 1 aromatic carbocycles. The first kappa shape index (κ1) is 11.0. The van der Waals surface area contributed by atoms with Gasteiger partial charge in [-0.05, 0) is 11.6 Å². The summed E-state index contributed by atoms with van der Waals surface area (Å²) in [6.07, 6.45) is 8.53. The Hall–Kier alpha value is -2.54. The summed E-state index contributed by atoms with van der Waals surface area (Å²) in [5.41, 5.74) is 1.00. The van der Waals surface area contributed by atoms with Crippen molar-refractivity contribution in [3.8, 4) is 12.3 Å². The second-order valence-electron chi connectivity index (χ2n) is 3.31. The highest BCUT2D eigenvalue weighted by Gasteiger charge is 2.02. The molecule has 0 radical (unpaired) electrons. The van der Waals surface area contributed by atoms with Gasteiger partial charge in [-0.15, -0.1) is 11.5 Å². The predicted octanol–water partition coefficient (Wildman–Crippen LogP) is 1.64. The van der Waals surface area contributed by atoms with E-state index in [1.54, 1.807) is 6.08 Å². The Morgan fingerprint density at radius 2 is 2.12 bits per heavy atom. The van der Waals surface area contributed by atoms with E-state index < -0.39 is 5.76 Å². The average molecular weight is 226 g/mol. The van der Waals surface area contributed by atoms with Crippen LogP contribution in [0.2, 0.25) is 0 Å². The molecule has 0 amide bonds. The van der Waals surface area contributed by atoms with Crippen molar-refractivity contribution >= 4 is 12.2 Å². The lowest BCUT2D eigenvalue weighted by molar-refractivity contribution is 0.483. The molecule has 0 saturated carbocycles. The van der Waals surface area contributed by atoms with Gasteiger partial charge in [0.05, 0.1) is 0 Å². The molecule has 2 aromatic rings. The molecular weight excluding hydrogens is 216 g/mol. The smallest absolute Gasteiger partial charge is 0.388 e. The molecule has 1 heterocycles. The van der Waals surface area contributed by atoms with Crippen LogP contribution in [0.15, 0.2) is 39.5 Å². The Morgan fingerprint density at radius 1 is 1.35 bits per heavy atom. The molecule has 0 saturated heterocycles. The first-order valence-electron chi connectivity index (χ1n) is 5.04. The van der Waals surface area contributed by atoms with Crippen molar-refractivity contribution in [1.29, 1.82) is 0 Å². The van der Waals surface area contributed by atoms with E-state index in [1.807, 2.05) is 36.4 Å². The monoisotopic (exact) mass is 226 g/mol. The standard InChI is InChI=1S/C13H10N2O2/c1-2-10-15-13(16)17-12(14-15)9-8-11-6-4-3-5-7-11/h1,3-9H,10H2/b9-8+. The maximum atomic E-state index is 11.2. The van der Waals surface area contributed by atoms with Crippen molar-refractivity contribution in [2.24, 2.45) is 0 Å². The predicted molar refractivity (Wildman–Crippen MR) is 65.0 cm³/mol. The molecule has 0 unspecified atom stereocenters. The van der Waals surface area contributed by atoms with Crippen LogP contribution in [0.25, 0.3) is 12.2 Å². The minimum Gasteiger partial charge on any atom is -0.388 e. The number of aromatic nitrogens is 2. The first-order chi connectivity index (χ1) is 8.29. The molecule has 0 N–H and O–H groups in total. The van der Waals surface area contributed by atoms with E-state index in [-0.39, 0.29) is 12.4 Å². The minimum absolute atomic E-state index is 0.113. The van der Waals surface area contributed by atoms with E-state index in [4.69, 9.17) is 10.8 Å². The highest BCUT2D eigenvalue weighted by Crippen LogP contribution is 2.04. The van der Waals surface area contributed by atoms with Crippen molar-refractivity contribution in [2.45, 2.75) is 6.54 Å². The van der Waals surface area contributed by atoms with Crippen molar-refractivity contribution in [3.05, 3.63) is 52.3 Å². The molecule has 84 valence electrons. The van der Waals surface area contributed by atoms with E-state index in [9.17, 15) is 4.79 Å². The summed E-state index contributed by atoms with van der Waals surface area (Å²) >= 11 is 0. The largest absolute Gasteiger partial charge is 0.438 e. The van der Waals surface area contributed by atoms with E-state index in [1.165, 1.54) is 0 Å². The fourth-order valence-electron chi connectivity index (χ4n) is 1.31. The number of hydrogen-bond acceptors (Lipinski definition) is 3. The summed E-state index contributed by atoms with van der Waals surface area (Å²) in [5, 5.41) is 3.92. The molecule has 0 aliphatic heterocycles. The summed E-state index contributed by atoms with van der Waals surface area (Å²) in [4.78, 5) is 11.2. The molecule has 4 heteroatoms. The lowest BCUT2D eigenvalue weighted by Gasteiger charge is -1.88. The Labute approximate surface area is 98.2 Å². The summed E-state index contributed by atoms with van der Waals surface area (Å²) in [5.74, 6) is 2.03. The summed E-state index contributed by atoms with van der Waals surface area (Å²) < 4.78 is 6.00. The van der Waals surface area contributed by atoms with Crippen LogP contribution in [0, 0.1) is 12.3 Å². The molecule has 4 nitrogen and oxygen atoms in total. The molecule has 0 atom stereocenters. The normalized spacial score (nSPS) is 10.5. The summed E-state index contributed by atoms with van der Waals surface area (Å²) in [6.45, 7) is 0.113. The van der Waals surface area contributed by atoms with E-state index in [0.29, 0.717) is 0 Å². The maximum absolute atomic E-state index is 11.2. The maximum Gasteiger partial charge on any atom is 0.438 e. The molecule has 1 aromatic heterocycles. The lowest BCUT2D eigenvalue weighted by atomic mass is 10.2. The summed E-state index contributed by atoms with van der Waals surface area (Å²) in [7, 11) is 0. The van der Waals surface area contributed by atoms with E-state index >= 15 is 0 Å². The van der Waals surface area contributed by atoms with Crippen LogP contribution in [0.4, 0.5) is 0 Å². The zero-order valence-corrected chi connectivity index (χ0v) is 9.04. The minimum atomic E-state index is -0.546. The van der Waals surface area contributed by atoms with Crippen molar-refractivity contribution in [1.82, 2.24) is 9.78 Å². The number of terminal acetylenes is 1. The Kier molecular flexibility index (Phi) is 3.22. The Bertz CT molecular complexity index is 615. The second-order valence-corrected chi connectivity index (χ2v) is 3.31. The van der Waals surface area contributed by atoms with Crippen LogP contribution in [0.3, 0.4) is 0 Å². The van der Waals surface area contributed by atoms with Crippen LogP contribution < -0.4 is 5.76 Å². The SMILES string of the molecule is C#CCn1nc(/C=C/c2ccccc2)oc1=O. The van der Waals surface area contributed by atoms with E-state index in [2.05, 4.69) is 11.0 Å². The molecule has 0 aliphatic rings. The van der Waals surface area contributed by atoms with Gasteiger partial charge in [0.25, 0.3) is 0 Å². The van der Waals surface area contributed by atoms with Gasteiger partial charge in [-0.1, -0.05) is 36.3 Å². The van der Waals surface area contributed by atoms with Gasteiger partial charge >= 0.3 is 5.76 Å². The first-order valence-corrected chi connectivity index (χ1v) is 5.04. The third-order valence-corrected chi connectivity index (χ3v) is 2.08. The summed E-state index contributed by atoms with van der Waals surface area (Å²) in [6, 6.07) is 9.65. The fraction of sp³-hybridized carbons (Fsp3) is 0.0769. The third kappa shape index (κ3) is 2.73. The third-order valence-electron chi connectivity index (χ3n) is 2.08. The van der Waals surface area contributed by atoms with Crippen LogP contribution in [-0.4, -0.2) is 9.78 Å². The highest BCUT2D eigenvalue weighted by molar-refractivity contribution is 5.65. The van der Waals surface area contributed by atoms with Gasteiger partial charge in [-0.2, -0.15) is 4.68 Å². The lowest BCUT2D eigenvalue weighted by Crippen LogP contribution is -2.14. The second kappa shape index (κ2) is 4.99. The van der Waals surface area contributed by atoms with Crippen molar-refractivity contribution < 1.29 is 4.42 Å². The Balaban J connectivity index is 2.20. The number of nitrogens with zero attached hydrogens (tertiary/aromatic N) is 2. The van der Waals surface area contributed by atoms with Gasteiger partial charge in [0, 0.05) is 6.08 Å². The number of benzene rings is 1. The zero-order valence-electron chi connectivity index (χ0n) is 9.04. The van der Waals surface area contributed by atoms with Crippen molar-refractivity contribution in [2.75, 3.05) is 0 Å². The van der Waals surface area contributed by atoms with Gasteiger partial charge in [0.15, 0.2) is 0 Å². The molecule has 17 heavy (non-hydrogen) atoms. The molecule has 0 aliphatic carbocycles. The van der Waals surface area contributed by atoms with Gasteiger partial charge in [0.2, 0.25) is 5.89 Å². The van der Waals surface area contributed by atoms with Crippen LogP contribution in [0.1, 0.15) is 11.5 Å². The van der Waals surface area contributed by atoms with Crippen LogP contribution in [0.5, 0.6) is 0 Å². The topological polar surface area (TPSA) is 48.0 Å². The van der Waals surface area contributed by atoms with Crippen molar-refractivity contribution in [3.63, 3.8) is 0 Å². The fourth-order valence-corrected chi connectivity index (χ4v) is 1.31. The van der Waals surface area contributed by atoms with Crippen LogP contribution in [-0.2, 0) is 6.54 Å². The van der Waals surface area contributed by atoms with Gasteiger partial charge in [-0.25, -0.2) is 4.79 Å². The Morgan fingerprint density at radius 3 is 2.82 bits per heavy atom. The quantitative estimate of drug-likeness (QED) is 0.747. The average Bonchev–Trinajstić information content (AvgIpc) is 2.70. The number of hydrogen-bond donors (Lipinski definition) is 0. The van der Waals surface area contributed by atoms with E-state index in [0.717, 1.165) is 10.2 Å². The molecule has 0 fully saturated rings. The zero-order chi connectivity index (χ0) is 12.1. The highest BCUT2D eigenvalue weighted by atomic mass is 16.4. The number of rotatable bonds is 3. The molecule has 0 bridgehead atoms. The molecular formula is C13H10N2O2. The van der Waals surface area contributed by atoms with Gasteiger partial charge in [0.1, 0.15) is 6.54 Å². The van der Waals surface area contributed by atoms with Crippen LogP contribution >= 0.6 is 0 Å².